The van der Waals surface area contributed by atoms with Crippen LogP contribution in [-0.4, -0.2) is 42.7 Å². The van der Waals surface area contributed by atoms with Crippen LogP contribution in [0.25, 0.3) is 0 Å². The lowest BCUT2D eigenvalue weighted by molar-refractivity contribution is 0.181. The molecule has 1 rings (SSSR count). The van der Waals surface area contributed by atoms with Gasteiger partial charge in [-0.25, -0.2) is 0 Å². The lowest BCUT2D eigenvalue weighted by Crippen LogP contribution is -2.28. The van der Waals surface area contributed by atoms with Crippen LogP contribution in [0.1, 0.15) is 5.56 Å². The smallest absolute Gasteiger partial charge is 0.115 e. The molecule has 0 amide bonds. The van der Waals surface area contributed by atoms with Crippen molar-refractivity contribution in [2.75, 3.05) is 27.3 Å². The van der Waals surface area contributed by atoms with Crippen molar-refractivity contribution in [2.45, 2.75) is 11.9 Å². The van der Waals surface area contributed by atoms with Crippen molar-refractivity contribution in [1.29, 1.82) is 0 Å². The zero-order chi connectivity index (χ0) is 12.0. The lowest BCUT2D eigenvalue weighted by atomic mass is 10.2. The first kappa shape index (κ1) is 13.3. The minimum Gasteiger partial charge on any atom is -0.508 e. The summed E-state index contributed by atoms with van der Waals surface area (Å²) in [6, 6.07) is 7.20. The van der Waals surface area contributed by atoms with Crippen molar-refractivity contribution in [3.8, 4) is 5.75 Å². The summed E-state index contributed by atoms with van der Waals surface area (Å²) in [4.78, 5) is 2.13. The Morgan fingerprint density at radius 1 is 1.38 bits per heavy atom. The first-order valence-corrected chi connectivity index (χ1v) is 5.65. The molecule has 1 atom stereocenters. The zero-order valence-electron chi connectivity index (χ0n) is 9.69. The summed E-state index contributed by atoms with van der Waals surface area (Å²) >= 11 is 6.06. The number of phenolic OH excluding ortho intramolecular Hbond substituents is 1. The highest BCUT2D eigenvalue weighted by atomic mass is 35.5. The summed E-state index contributed by atoms with van der Waals surface area (Å²) in [5.74, 6) is 0.293. The zero-order valence-corrected chi connectivity index (χ0v) is 10.4. The second kappa shape index (κ2) is 6.74. The van der Waals surface area contributed by atoms with Gasteiger partial charge in [0.15, 0.2) is 0 Å². The summed E-state index contributed by atoms with van der Waals surface area (Å²) < 4.78 is 4.98. The Labute approximate surface area is 102 Å². The van der Waals surface area contributed by atoms with Crippen molar-refractivity contribution in [2.24, 2.45) is 0 Å². The van der Waals surface area contributed by atoms with Crippen molar-refractivity contribution in [3.05, 3.63) is 29.8 Å². The molecule has 0 spiro atoms. The van der Waals surface area contributed by atoms with E-state index in [9.17, 15) is 0 Å². The Morgan fingerprint density at radius 3 is 2.56 bits per heavy atom. The van der Waals surface area contributed by atoms with Gasteiger partial charge in [-0.15, -0.1) is 11.6 Å². The van der Waals surface area contributed by atoms with Gasteiger partial charge in [0.05, 0.1) is 12.0 Å². The minimum atomic E-state index is 0.00659. The van der Waals surface area contributed by atoms with Gasteiger partial charge in [-0.3, -0.25) is 0 Å². The standard InChI is InChI=1S/C12H18ClNO2/c1-14(8-11(13)9-16-2)7-10-3-5-12(15)6-4-10/h3-6,11,15H,7-9H2,1-2H3. The van der Waals surface area contributed by atoms with Gasteiger partial charge in [0.1, 0.15) is 5.75 Å². The third-order valence-electron chi connectivity index (χ3n) is 2.25. The Hall–Kier alpha value is -0.770. The monoisotopic (exact) mass is 243 g/mol. The van der Waals surface area contributed by atoms with Crippen LogP contribution in [0.15, 0.2) is 24.3 Å². The molecular formula is C12H18ClNO2. The van der Waals surface area contributed by atoms with Gasteiger partial charge in [0.2, 0.25) is 0 Å². The van der Waals surface area contributed by atoms with Crippen molar-refractivity contribution in [1.82, 2.24) is 4.90 Å². The van der Waals surface area contributed by atoms with Gasteiger partial charge in [0.25, 0.3) is 0 Å². The highest BCUT2D eigenvalue weighted by Crippen LogP contribution is 2.11. The van der Waals surface area contributed by atoms with Crippen LogP contribution in [0, 0.1) is 0 Å². The number of alkyl halides is 1. The maximum absolute atomic E-state index is 9.15. The third-order valence-corrected chi connectivity index (χ3v) is 2.51. The molecule has 0 saturated heterocycles. The van der Waals surface area contributed by atoms with E-state index in [1.54, 1.807) is 19.2 Å². The van der Waals surface area contributed by atoms with E-state index in [1.807, 2.05) is 19.2 Å². The van der Waals surface area contributed by atoms with Gasteiger partial charge in [-0.2, -0.15) is 0 Å². The molecule has 1 aromatic carbocycles. The van der Waals surface area contributed by atoms with E-state index in [2.05, 4.69) is 4.90 Å². The van der Waals surface area contributed by atoms with Crippen molar-refractivity contribution in [3.63, 3.8) is 0 Å². The number of methoxy groups -OCH3 is 1. The summed E-state index contributed by atoms with van der Waals surface area (Å²) in [6.07, 6.45) is 0. The van der Waals surface area contributed by atoms with Crippen LogP contribution in [0.3, 0.4) is 0 Å². The molecule has 3 nitrogen and oxygen atoms in total. The molecule has 0 aromatic heterocycles. The molecule has 16 heavy (non-hydrogen) atoms. The fourth-order valence-electron chi connectivity index (χ4n) is 1.55. The molecule has 0 aliphatic carbocycles. The van der Waals surface area contributed by atoms with Gasteiger partial charge in [-0.05, 0) is 24.7 Å². The molecule has 1 N–H and O–H groups in total. The number of hydrogen-bond acceptors (Lipinski definition) is 3. The van der Waals surface area contributed by atoms with E-state index in [1.165, 1.54) is 0 Å². The highest BCUT2D eigenvalue weighted by molar-refractivity contribution is 6.20. The molecule has 0 aliphatic rings. The maximum atomic E-state index is 9.15. The summed E-state index contributed by atoms with van der Waals surface area (Å²) in [7, 11) is 3.66. The van der Waals surface area contributed by atoms with Gasteiger partial charge >= 0.3 is 0 Å². The van der Waals surface area contributed by atoms with Crippen LogP contribution in [0.2, 0.25) is 0 Å². The maximum Gasteiger partial charge on any atom is 0.115 e. The lowest BCUT2D eigenvalue weighted by Gasteiger charge is -2.19. The Kier molecular flexibility index (Phi) is 5.60. The number of benzene rings is 1. The molecule has 0 aliphatic heterocycles. The average Bonchev–Trinajstić information content (AvgIpc) is 2.21. The Morgan fingerprint density at radius 2 is 2.00 bits per heavy atom. The second-order valence-corrected chi connectivity index (χ2v) is 4.53. The molecule has 0 saturated carbocycles. The van der Waals surface area contributed by atoms with E-state index < -0.39 is 0 Å². The van der Waals surface area contributed by atoms with E-state index in [-0.39, 0.29) is 5.38 Å². The summed E-state index contributed by atoms with van der Waals surface area (Å²) in [5.41, 5.74) is 1.15. The molecule has 0 bridgehead atoms. The number of nitrogens with zero attached hydrogens (tertiary/aromatic N) is 1. The number of hydrogen-bond donors (Lipinski definition) is 1. The molecular weight excluding hydrogens is 226 g/mol. The average molecular weight is 244 g/mol. The van der Waals surface area contributed by atoms with Crippen LogP contribution >= 0.6 is 11.6 Å². The van der Waals surface area contributed by atoms with Gasteiger partial charge in [-0.1, -0.05) is 12.1 Å². The second-order valence-electron chi connectivity index (χ2n) is 3.92. The predicted octanol–water partition coefficient (Wildman–Crippen LogP) is 2.08. The van der Waals surface area contributed by atoms with Crippen LogP contribution < -0.4 is 0 Å². The quantitative estimate of drug-likeness (QED) is 0.777. The van der Waals surface area contributed by atoms with Crippen LogP contribution in [0.5, 0.6) is 5.75 Å². The van der Waals surface area contributed by atoms with Crippen molar-refractivity contribution < 1.29 is 9.84 Å². The Bertz CT molecular complexity index is 302. The molecule has 0 fully saturated rings. The van der Waals surface area contributed by atoms with E-state index in [4.69, 9.17) is 21.4 Å². The first-order valence-electron chi connectivity index (χ1n) is 5.21. The topological polar surface area (TPSA) is 32.7 Å². The molecule has 1 aromatic rings. The fraction of sp³-hybridized carbons (Fsp3) is 0.500. The third kappa shape index (κ3) is 4.84. The van der Waals surface area contributed by atoms with E-state index in [0.29, 0.717) is 12.4 Å². The molecule has 4 heteroatoms. The molecule has 90 valence electrons. The van der Waals surface area contributed by atoms with E-state index >= 15 is 0 Å². The summed E-state index contributed by atoms with van der Waals surface area (Å²) in [6.45, 7) is 2.14. The minimum absolute atomic E-state index is 0.00659. The number of rotatable bonds is 6. The normalized spacial score (nSPS) is 13.0. The largest absolute Gasteiger partial charge is 0.508 e. The molecule has 0 radical (unpaired) electrons. The SMILES string of the molecule is COCC(Cl)CN(C)Cc1ccc(O)cc1. The highest BCUT2D eigenvalue weighted by Gasteiger charge is 2.08. The van der Waals surface area contributed by atoms with Gasteiger partial charge in [0, 0.05) is 20.2 Å². The number of phenols is 1. The summed E-state index contributed by atoms with van der Waals surface area (Å²) in [5, 5.41) is 9.16. The number of ether oxygens (including phenoxy) is 1. The predicted molar refractivity (Wildman–Crippen MR) is 66.0 cm³/mol. The number of aromatic hydroxyl groups is 1. The van der Waals surface area contributed by atoms with Crippen LogP contribution in [-0.2, 0) is 11.3 Å². The van der Waals surface area contributed by atoms with Crippen molar-refractivity contribution >= 4 is 11.6 Å². The molecule has 1 unspecified atom stereocenters. The van der Waals surface area contributed by atoms with Crippen LogP contribution in [0.4, 0.5) is 0 Å². The van der Waals surface area contributed by atoms with E-state index in [0.717, 1.165) is 18.7 Å². The van der Waals surface area contributed by atoms with Gasteiger partial charge < -0.3 is 14.7 Å². The Balaban J connectivity index is 2.39. The number of halogens is 1. The fourth-order valence-corrected chi connectivity index (χ4v) is 1.91. The molecule has 0 heterocycles. The first-order chi connectivity index (χ1) is 7.61.